The number of amides is 1. The minimum atomic E-state index is -0.773. The molecule has 132 valence electrons. The van der Waals surface area contributed by atoms with E-state index in [-0.39, 0.29) is 17.9 Å². The Labute approximate surface area is 164 Å². The van der Waals surface area contributed by atoms with Gasteiger partial charge in [-0.2, -0.15) is 0 Å². The molecule has 0 spiro atoms. The Balaban J connectivity index is 2.23. The number of hydrogen-bond acceptors (Lipinski definition) is 3. The van der Waals surface area contributed by atoms with Crippen LogP contribution in [-0.2, 0) is 9.59 Å². The van der Waals surface area contributed by atoms with Crippen LogP contribution in [0.4, 0.5) is 0 Å². The maximum Gasteiger partial charge on any atom is 0.295 e. The predicted molar refractivity (Wildman–Crippen MR) is 105 cm³/mol. The summed E-state index contributed by atoms with van der Waals surface area (Å²) in [5.74, 6) is -1.65. The molecule has 0 aliphatic carbocycles. The summed E-state index contributed by atoms with van der Waals surface area (Å²) in [5.41, 5.74) is 1.04. The number of aliphatic hydroxyl groups excluding tert-OH is 1. The third-order valence-corrected chi connectivity index (χ3v) is 5.06. The first-order valence-electron chi connectivity index (χ1n) is 7.85. The zero-order chi connectivity index (χ0) is 18.8. The van der Waals surface area contributed by atoms with Crippen molar-refractivity contribution in [1.29, 1.82) is 0 Å². The van der Waals surface area contributed by atoms with Gasteiger partial charge in [0, 0.05) is 21.6 Å². The van der Waals surface area contributed by atoms with Gasteiger partial charge in [-0.25, -0.2) is 0 Å². The van der Waals surface area contributed by atoms with Crippen LogP contribution in [0.15, 0.2) is 71.2 Å². The van der Waals surface area contributed by atoms with Gasteiger partial charge >= 0.3 is 0 Å². The van der Waals surface area contributed by atoms with Gasteiger partial charge in [-0.15, -0.1) is 6.58 Å². The van der Waals surface area contributed by atoms with E-state index >= 15 is 0 Å². The number of aliphatic hydroxyl groups is 1. The van der Waals surface area contributed by atoms with Crippen LogP contribution >= 0.6 is 27.5 Å². The Morgan fingerprint density at radius 3 is 2.46 bits per heavy atom. The molecule has 1 saturated heterocycles. The van der Waals surface area contributed by atoms with Crippen LogP contribution in [0, 0.1) is 0 Å². The van der Waals surface area contributed by atoms with Crippen molar-refractivity contribution in [3.63, 3.8) is 0 Å². The lowest BCUT2D eigenvalue weighted by Gasteiger charge is -2.24. The van der Waals surface area contributed by atoms with Gasteiger partial charge in [0.2, 0.25) is 0 Å². The minimum Gasteiger partial charge on any atom is -0.507 e. The molecule has 0 aromatic heterocycles. The van der Waals surface area contributed by atoms with Crippen molar-refractivity contribution in [1.82, 2.24) is 4.90 Å². The molecule has 2 aromatic carbocycles. The highest BCUT2D eigenvalue weighted by Crippen LogP contribution is 2.41. The summed E-state index contributed by atoms with van der Waals surface area (Å²) >= 11 is 9.65. The molecule has 1 atom stereocenters. The van der Waals surface area contributed by atoms with Crippen LogP contribution in [-0.4, -0.2) is 28.2 Å². The molecule has 0 saturated carbocycles. The summed E-state index contributed by atoms with van der Waals surface area (Å²) in [6.45, 7) is 3.81. The van der Waals surface area contributed by atoms with Crippen molar-refractivity contribution in [2.45, 2.75) is 6.04 Å². The molecule has 1 heterocycles. The number of rotatable bonds is 4. The molecule has 1 aliphatic rings. The Kier molecular flexibility index (Phi) is 5.30. The Morgan fingerprint density at radius 2 is 1.85 bits per heavy atom. The van der Waals surface area contributed by atoms with Gasteiger partial charge in [0.25, 0.3) is 11.7 Å². The van der Waals surface area contributed by atoms with Crippen molar-refractivity contribution >= 4 is 45.0 Å². The zero-order valence-corrected chi connectivity index (χ0v) is 16.0. The Hall–Kier alpha value is -2.37. The van der Waals surface area contributed by atoms with Crippen LogP contribution < -0.4 is 0 Å². The maximum atomic E-state index is 12.7. The van der Waals surface area contributed by atoms with E-state index in [0.29, 0.717) is 16.1 Å². The third kappa shape index (κ3) is 3.20. The van der Waals surface area contributed by atoms with E-state index in [1.165, 1.54) is 11.0 Å². The van der Waals surface area contributed by atoms with Gasteiger partial charge in [0.05, 0.1) is 11.6 Å². The highest BCUT2D eigenvalue weighted by molar-refractivity contribution is 9.10. The number of nitrogens with zero attached hydrogens (tertiary/aromatic N) is 1. The fourth-order valence-corrected chi connectivity index (χ4v) is 3.49. The SMILES string of the molecule is C=CCN1C(=O)C(=O)C(=C(O)c2ccc(Br)cc2)[C@@H]1c1ccccc1Cl. The third-order valence-electron chi connectivity index (χ3n) is 4.18. The molecule has 2 aromatic rings. The summed E-state index contributed by atoms with van der Waals surface area (Å²) in [6.07, 6.45) is 1.54. The summed E-state index contributed by atoms with van der Waals surface area (Å²) in [7, 11) is 0. The average molecular weight is 433 g/mol. The lowest BCUT2D eigenvalue weighted by Crippen LogP contribution is -2.29. The number of halogens is 2. The zero-order valence-electron chi connectivity index (χ0n) is 13.7. The van der Waals surface area contributed by atoms with Gasteiger partial charge in [-0.3, -0.25) is 9.59 Å². The van der Waals surface area contributed by atoms with E-state index in [2.05, 4.69) is 22.5 Å². The smallest absolute Gasteiger partial charge is 0.295 e. The molecular formula is C20H15BrClNO3. The maximum absolute atomic E-state index is 12.7. The second kappa shape index (κ2) is 7.48. The van der Waals surface area contributed by atoms with Crippen LogP contribution in [0.2, 0.25) is 5.02 Å². The fraction of sp³-hybridized carbons (Fsp3) is 0.100. The molecule has 1 fully saturated rings. The van der Waals surface area contributed by atoms with E-state index in [4.69, 9.17) is 11.6 Å². The first-order chi connectivity index (χ1) is 12.5. The molecule has 1 N–H and O–H groups in total. The molecule has 3 rings (SSSR count). The first-order valence-corrected chi connectivity index (χ1v) is 9.02. The van der Waals surface area contributed by atoms with Gasteiger partial charge < -0.3 is 10.0 Å². The van der Waals surface area contributed by atoms with Crippen LogP contribution in [0.1, 0.15) is 17.2 Å². The predicted octanol–water partition coefficient (Wildman–Crippen LogP) is 4.71. The second-order valence-corrected chi connectivity index (χ2v) is 7.09. The molecular weight excluding hydrogens is 418 g/mol. The number of benzene rings is 2. The van der Waals surface area contributed by atoms with E-state index in [0.717, 1.165) is 4.47 Å². The number of carbonyl (C=O) groups excluding carboxylic acids is 2. The van der Waals surface area contributed by atoms with Crippen LogP contribution in [0.5, 0.6) is 0 Å². The highest BCUT2D eigenvalue weighted by Gasteiger charge is 2.46. The second-order valence-electron chi connectivity index (χ2n) is 5.77. The summed E-state index contributed by atoms with van der Waals surface area (Å²) in [5, 5.41) is 11.2. The van der Waals surface area contributed by atoms with Crippen molar-refractivity contribution in [2.75, 3.05) is 6.54 Å². The van der Waals surface area contributed by atoms with Gasteiger partial charge in [-0.05, 0) is 23.8 Å². The number of hydrogen-bond donors (Lipinski definition) is 1. The molecule has 0 unspecified atom stereocenters. The lowest BCUT2D eigenvalue weighted by atomic mass is 9.95. The minimum absolute atomic E-state index is 0.0206. The molecule has 0 radical (unpaired) electrons. The Bertz CT molecular complexity index is 921. The van der Waals surface area contributed by atoms with Gasteiger partial charge in [-0.1, -0.05) is 63.9 Å². The standard InChI is InChI=1S/C20H15BrClNO3/c1-2-11-23-17(14-5-3-4-6-15(14)22)16(19(25)20(23)26)18(24)12-7-9-13(21)10-8-12/h2-10,17,24H,1,11H2/t17-/m0/s1. The lowest BCUT2D eigenvalue weighted by molar-refractivity contribution is -0.139. The molecule has 1 amide bonds. The number of ketones is 1. The van der Waals surface area contributed by atoms with E-state index < -0.39 is 17.7 Å². The fourth-order valence-electron chi connectivity index (χ4n) is 2.99. The number of likely N-dealkylation sites (tertiary alicyclic amines) is 1. The van der Waals surface area contributed by atoms with Gasteiger partial charge in [0.1, 0.15) is 5.76 Å². The van der Waals surface area contributed by atoms with Crippen LogP contribution in [0.3, 0.4) is 0 Å². The van der Waals surface area contributed by atoms with Crippen molar-refractivity contribution < 1.29 is 14.7 Å². The number of carbonyl (C=O) groups is 2. The van der Waals surface area contributed by atoms with Crippen LogP contribution in [0.25, 0.3) is 5.76 Å². The van der Waals surface area contributed by atoms with Gasteiger partial charge in [0.15, 0.2) is 0 Å². The van der Waals surface area contributed by atoms with E-state index in [9.17, 15) is 14.7 Å². The summed E-state index contributed by atoms with van der Waals surface area (Å²) < 4.78 is 0.837. The monoisotopic (exact) mass is 431 g/mol. The molecule has 0 bridgehead atoms. The van der Waals surface area contributed by atoms with Crippen molar-refractivity contribution in [3.05, 3.63) is 87.4 Å². The quantitative estimate of drug-likeness (QED) is 0.329. The van der Waals surface area contributed by atoms with E-state index in [1.807, 2.05) is 0 Å². The van der Waals surface area contributed by atoms with E-state index in [1.54, 1.807) is 48.5 Å². The number of Topliss-reactive ketones (excluding diaryl/α,β-unsaturated/α-hetero) is 1. The average Bonchev–Trinajstić information content (AvgIpc) is 2.87. The topological polar surface area (TPSA) is 57.6 Å². The normalized spacial score (nSPS) is 19.0. The summed E-state index contributed by atoms with van der Waals surface area (Å²) in [4.78, 5) is 26.6. The van der Waals surface area contributed by atoms with Crippen molar-refractivity contribution in [2.24, 2.45) is 0 Å². The molecule has 6 heteroatoms. The largest absolute Gasteiger partial charge is 0.507 e. The molecule has 4 nitrogen and oxygen atoms in total. The Morgan fingerprint density at radius 1 is 1.19 bits per heavy atom. The molecule has 26 heavy (non-hydrogen) atoms. The highest BCUT2D eigenvalue weighted by atomic mass is 79.9. The molecule has 1 aliphatic heterocycles. The van der Waals surface area contributed by atoms with Crippen molar-refractivity contribution in [3.8, 4) is 0 Å². The summed E-state index contributed by atoms with van der Waals surface area (Å²) in [6, 6.07) is 13.0. The first kappa shape index (κ1) is 18.4.